The van der Waals surface area contributed by atoms with Crippen molar-refractivity contribution >= 4 is 17.3 Å². The minimum Gasteiger partial charge on any atom is -0.507 e. The number of ether oxygens (including phenoxy) is 1. The van der Waals surface area contributed by atoms with Gasteiger partial charge in [-0.3, -0.25) is 9.59 Å². The van der Waals surface area contributed by atoms with Gasteiger partial charge in [-0.2, -0.15) is 5.26 Å². The van der Waals surface area contributed by atoms with Crippen LogP contribution in [0.3, 0.4) is 0 Å². The number of unbranched alkanes of at least 4 members (excludes halogenated alkanes) is 1. The summed E-state index contributed by atoms with van der Waals surface area (Å²) in [5.41, 5.74) is 1.27. The summed E-state index contributed by atoms with van der Waals surface area (Å²) in [4.78, 5) is 22.3. The molecule has 1 rings (SSSR count). The number of Topliss-reactive ketones (excluding diaryl/α,β-unsaturated/α-hetero) is 1. The Morgan fingerprint density at radius 2 is 2.14 bits per heavy atom. The summed E-state index contributed by atoms with van der Waals surface area (Å²) in [5, 5.41) is 18.4. The lowest BCUT2D eigenvalue weighted by Crippen LogP contribution is -2.07. The van der Waals surface area contributed by atoms with E-state index in [1.165, 1.54) is 0 Å². The molecule has 0 atom stereocenters. The van der Waals surface area contributed by atoms with Gasteiger partial charge in [-0.1, -0.05) is 6.07 Å². The number of carbonyl (C=O) groups is 2. The number of hydrogen-bond donors (Lipinski definition) is 1. The van der Waals surface area contributed by atoms with E-state index < -0.39 is 11.6 Å². The molecule has 0 bridgehead atoms. The molecule has 1 N–H and O–H groups in total. The molecule has 0 amide bonds. The van der Waals surface area contributed by atoms with E-state index in [0.717, 1.165) is 18.6 Å². The van der Waals surface area contributed by atoms with Crippen LogP contribution >= 0.6 is 0 Å². The van der Waals surface area contributed by atoms with Crippen LogP contribution in [-0.4, -0.2) is 23.3 Å². The summed E-state index contributed by atoms with van der Waals surface area (Å²) < 4.78 is 5.54. The lowest BCUT2D eigenvalue weighted by atomic mass is 10.1. The molecule has 0 fully saturated rings. The maximum atomic E-state index is 11.3. The number of allylic oxidation sites excluding steroid dienone is 1. The van der Waals surface area contributed by atoms with Crippen LogP contribution in [0, 0.1) is 18.3 Å². The maximum absolute atomic E-state index is 11.3. The van der Waals surface area contributed by atoms with Crippen molar-refractivity contribution in [1.29, 1.82) is 5.26 Å². The largest absolute Gasteiger partial charge is 0.507 e. The van der Waals surface area contributed by atoms with Crippen LogP contribution < -0.4 is 4.74 Å². The first-order valence-electron chi connectivity index (χ1n) is 6.52. The van der Waals surface area contributed by atoms with Crippen molar-refractivity contribution in [1.82, 2.24) is 0 Å². The number of benzene rings is 1. The molecule has 0 saturated heterocycles. The average molecular weight is 287 g/mol. The highest BCUT2D eigenvalue weighted by molar-refractivity contribution is 6.41. The minimum atomic E-state index is -0.775. The zero-order chi connectivity index (χ0) is 15.8. The summed E-state index contributed by atoms with van der Waals surface area (Å²) >= 11 is 0. The molecule has 0 heterocycles. The Labute approximate surface area is 123 Å². The van der Waals surface area contributed by atoms with Crippen molar-refractivity contribution in [3.63, 3.8) is 0 Å². The Hall–Kier alpha value is -2.61. The number of carbonyl (C=O) groups excluding carboxylic acids is 2. The third-order valence-electron chi connectivity index (χ3n) is 2.72. The SMILES string of the molecule is CC(=O)C(=O)C=C(O)c1ccc(C)cc1OCCCC#N. The van der Waals surface area contributed by atoms with Gasteiger partial charge in [-0.25, -0.2) is 0 Å². The second-order valence-corrected chi connectivity index (χ2v) is 4.56. The second-order valence-electron chi connectivity index (χ2n) is 4.56. The third-order valence-corrected chi connectivity index (χ3v) is 2.72. The highest BCUT2D eigenvalue weighted by atomic mass is 16.5. The van der Waals surface area contributed by atoms with Crippen molar-refractivity contribution in [2.75, 3.05) is 6.61 Å². The molecule has 0 aliphatic heterocycles. The Kier molecular flexibility index (Phi) is 6.15. The molecule has 21 heavy (non-hydrogen) atoms. The fourth-order valence-electron chi connectivity index (χ4n) is 1.60. The van der Waals surface area contributed by atoms with Gasteiger partial charge in [0.05, 0.1) is 18.2 Å². The number of aliphatic hydroxyl groups excluding tert-OH is 1. The van der Waals surface area contributed by atoms with Crippen molar-refractivity contribution in [3.8, 4) is 11.8 Å². The molecule has 5 nitrogen and oxygen atoms in total. The fourth-order valence-corrected chi connectivity index (χ4v) is 1.60. The van der Waals surface area contributed by atoms with Gasteiger partial charge in [0.15, 0.2) is 5.78 Å². The van der Waals surface area contributed by atoms with Crippen LogP contribution in [0.25, 0.3) is 5.76 Å². The second kappa shape index (κ2) is 7.85. The summed E-state index contributed by atoms with van der Waals surface area (Å²) in [5.74, 6) is -1.32. The van der Waals surface area contributed by atoms with Gasteiger partial charge in [0.25, 0.3) is 0 Å². The minimum absolute atomic E-state index is 0.314. The molecule has 0 aromatic heterocycles. The van der Waals surface area contributed by atoms with Crippen LogP contribution in [0.2, 0.25) is 0 Å². The number of nitrogens with zero attached hydrogens (tertiary/aromatic N) is 1. The first-order chi connectivity index (χ1) is 9.95. The van der Waals surface area contributed by atoms with E-state index in [9.17, 15) is 14.7 Å². The molecule has 0 aliphatic rings. The molecule has 0 saturated carbocycles. The molecule has 0 unspecified atom stereocenters. The Balaban J connectivity index is 2.98. The quantitative estimate of drug-likeness (QED) is 0.360. The predicted molar refractivity (Wildman–Crippen MR) is 77.8 cm³/mol. The summed E-state index contributed by atoms with van der Waals surface area (Å²) in [6.07, 6.45) is 1.83. The van der Waals surface area contributed by atoms with Crippen LogP contribution in [-0.2, 0) is 9.59 Å². The van der Waals surface area contributed by atoms with Gasteiger partial charge >= 0.3 is 0 Å². The molecule has 0 radical (unpaired) electrons. The molecule has 0 aliphatic carbocycles. The molecule has 0 spiro atoms. The zero-order valence-corrected chi connectivity index (χ0v) is 12.0. The molecule has 5 heteroatoms. The van der Waals surface area contributed by atoms with Crippen molar-refractivity contribution in [2.45, 2.75) is 26.7 Å². The maximum Gasteiger partial charge on any atom is 0.224 e. The van der Waals surface area contributed by atoms with Crippen LogP contribution in [0.5, 0.6) is 5.75 Å². The summed E-state index contributed by atoms with van der Waals surface area (Å²) in [6, 6.07) is 7.13. The highest BCUT2D eigenvalue weighted by Gasteiger charge is 2.12. The van der Waals surface area contributed by atoms with Crippen LogP contribution in [0.4, 0.5) is 0 Å². The van der Waals surface area contributed by atoms with Gasteiger partial charge in [-0.15, -0.1) is 0 Å². The first kappa shape index (κ1) is 16.4. The van der Waals surface area contributed by atoms with E-state index in [0.29, 0.717) is 30.8 Å². The van der Waals surface area contributed by atoms with Gasteiger partial charge in [0, 0.05) is 19.4 Å². The van der Waals surface area contributed by atoms with E-state index >= 15 is 0 Å². The van der Waals surface area contributed by atoms with Crippen molar-refractivity contribution < 1.29 is 19.4 Å². The van der Waals surface area contributed by atoms with Crippen LogP contribution in [0.15, 0.2) is 24.3 Å². The van der Waals surface area contributed by atoms with Gasteiger partial charge in [-0.05, 0) is 31.0 Å². The molecule has 1 aromatic carbocycles. The van der Waals surface area contributed by atoms with Crippen LogP contribution in [0.1, 0.15) is 30.9 Å². The molecular weight excluding hydrogens is 270 g/mol. The Bertz CT molecular complexity index is 611. The highest BCUT2D eigenvalue weighted by Crippen LogP contribution is 2.26. The smallest absolute Gasteiger partial charge is 0.224 e. The van der Waals surface area contributed by atoms with Crippen molar-refractivity contribution in [3.05, 3.63) is 35.4 Å². The number of aliphatic hydroxyl groups is 1. The monoisotopic (exact) mass is 287 g/mol. The average Bonchev–Trinajstić information content (AvgIpc) is 2.43. The van der Waals surface area contributed by atoms with E-state index in [4.69, 9.17) is 10.00 Å². The number of ketones is 2. The summed E-state index contributed by atoms with van der Waals surface area (Å²) in [6.45, 7) is 3.34. The topological polar surface area (TPSA) is 87.4 Å². The Morgan fingerprint density at radius 3 is 2.76 bits per heavy atom. The fraction of sp³-hybridized carbons (Fsp3) is 0.312. The van der Waals surface area contributed by atoms with Crippen molar-refractivity contribution in [2.24, 2.45) is 0 Å². The van der Waals surface area contributed by atoms with Gasteiger partial charge < -0.3 is 9.84 Å². The Morgan fingerprint density at radius 1 is 1.43 bits per heavy atom. The van der Waals surface area contributed by atoms with E-state index in [1.54, 1.807) is 18.2 Å². The predicted octanol–water partition coefficient (Wildman–Crippen LogP) is 2.73. The number of rotatable bonds is 7. The number of aryl methyl sites for hydroxylation is 1. The van der Waals surface area contributed by atoms with E-state index in [2.05, 4.69) is 0 Å². The molecule has 1 aromatic rings. The van der Waals surface area contributed by atoms with E-state index in [1.807, 2.05) is 13.0 Å². The lowest BCUT2D eigenvalue weighted by Gasteiger charge is -2.11. The normalized spacial score (nSPS) is 10.8. The van der Waals surface area contributed by atoms with Gasteiger partial charge in [0.2, 0.25) is 5.78 Å². The number of nitriles is 1. The molecule has 110 valence electrons. The first-order valence-corrected chi connectivity index (χ1v) is 6.52. The number of hydrogen-bond acceptors (Lipinski definition) is 5. The third kappa shape index (κ3) is 5.11. The zero-order valence-electron chi connectivity index (χ0n) is 12.0. The molecular formula is C16H17NO4. The lowest BCUT2D eigenvalue weighted by molar-refractivity contribution is -0.132. The van der Waals surface area contributed by atoms with Gasteiger partial charge in [0.1, 0.15) is 11.5 Å². The standard InChI is InChI=1S/C16H17NO4/c1-11-5-6-13(15(20)10-14(19)12(2)18)16(9-11)21-8-4-3-7-17/h5-6,9-10,20H,3-4,8H2,1-2H3. The van der Waals surface area contributed by atoms with E-state index in [-0.39, 0.29) is 5.76 Å². The summed E-state index contributed by atoms with van der Waals surface area (Å²) in [7, 11) is 0.